The number of aromatic nitrogens is 2. The average Bonchev–Trinajstić information content (AvgIpc) is 2.79. The maximum absolute atomic E-state index is 13.4. The molecule has 4 rings (SSSR count). The number of piperazine rings is 1. The number of amides is 1. The Morgan fingerprint density at radius 2 is 1.72 bits per heavy atom. The first-order valence-electron chi connectivity index (χ1n) is 10.0. The third-order valence-corrected chi connectivity index (χ3v) is 7.37. The highest BCUT2D eigenvalue weighted by Crippen LogP contribution is 2.19. The Kier molecular flexibility index (Phi) is 5.94. The largest absolute Gasteiger partial charge is 0.340 e. The maximum atomic E-state index is 13.4. The number of aromatic amines is 1. The number of nitrogens with zero attached hydrogens (tertiary/aromatic N) is 3. The van der Waals surface area contributed by atoms with Gasteiger partial charge in [-0.1, -0.05) is 18.2 Å². The Hall–Kier alpha value is -3.31. The summed E-state index contributed by atoms with van der Waals surface area (Å²) in [6, 6.07) is 11.5. The van der Waals surface area contributed by atoms with Gasteiger partial charge in [-0.3, -0.25) is 19.1 Å². The summed E-state index contributed by atoms with van der Waals surface area (Å²) in [6.07, 6.45) is 0.0204. The Bertz CT molecular complexity index is 1390. The van der Waals surface area contributed by atoms with Gasteiger partial charge in [-0.25, -0.2) is 17.6 Å². The molecule has 1 fully saturated rings. The lowest BCUT2D eigenvalue weighted by Crippen LogP contribution is -2.50. The van der Waals surface area contributed by atoms with Crippen molar-refractivity contribution in [2.75, 3.05) is 26.2 Å². The van der Waals surface area contributed by atoms with Gasteiger partial charge in [0.05, 0.1) is 15.8 Å². The highest BCUT2D eigenvalue weighted by molar-refractivity contribution is 7.89. The van der Waals surface area contributed by atoms with E-state index in [1.165, 1.54) is 32.0 Å². The van der Waals surface area contributed by atoms with Crippen LogP contribution in [0.25, 0.3) is 10.9 Å². The molecule has 1 saturated heterocycles. The maximum Gasteiger partial charge on any atom is 0.328 e. The topological polar surface area (TPSA) is 113 Å². The fourth-order valence-electron chi connectivity index (χ4n) is 3.78. The molecule has 0 spiro atoms. The number of carbonyl (C=O) groups is 1. The second-order valence-corrected chi connectivity index (χ2v) is 9.36. The van der Waals surface area contributed by atoms with Crippen molar-refractivity contribution in [2.45, 2.75) is 17.9 Å². The summed E-state index contributed by atoms with van der Waals surface area (Å²) >= 11 is 0. The SMILES string of the molecule is O=C(CCn1c(=O)[nH]c(=O)c2ccccc21)N1CCN(S(=O)(=O)c2cccc(F)c2)CC1. The van der Waals surface area contributed by atoms with E-state index in [2.05, 4.69) is 4.98 Å². The molecule has 1 amide bonds. The fourth-order valence-corrected chi connectivity index (χ4v) is 5.24. The van der Waals surface area contributed by atoms with Gasteiger partial charge in [-0.15, -0.1) is 0 Å². The Morgan fingerprint density at radius 3 is 2.44 bits per heavy atom. The molecule has 2 aromatic carbocycles. The summed E-state index contributed by atoms with van der Waals surface area (Å²) in [4.78, 5) is 40.5. The van der Waals surface area contributed by atoms with Gasteiger partial charge in [0.2, 0.25) is 15.9 Å². The third-order valence-electron chi connectivity index (χ3n) is 5.48. The summed E-state index contributed by atoms with van der Waals surface area (Å²) in [6.45, 7) is 0.637. The van der Waals surface area contributed by atoms with Crippen molar-refractivity contribution in [3.8, 4) is 0 Å². The predicted octanol–water partition coefficient (Wildman–Crippen LogP) is 0.752. The molecular formula is C21H21FN4O5S. The quantitative estimate of drug-likeness (QED) is 0.604. The van der Waals surface area contributed by atoms with Crippen molar-refractivity contribution in [1.29, 1.82) is 0 Å². The lowest BCUT2D eigenvalue weighted by Gasteiger charge is -2.34. The standard InChI is InChI=1S/C21H21FN4O5S/c22-15-4-3-5-16(14-15)32(30,31)25-12-10-24(11-13-25)19(27)8-9-26-18-7-2-1-6-17(18)20(28)23-21(26)29/h1-7,14H,8-13H2,(H,23,28,29). The zero-order valence-corrected chi connectivity index (χ0v) is 17.8. The number of benzene rings is 2. The molecule has 1 aromatic heterocycles. The monoisotopic (exact) mass is 460 g/mol. The van der Waals surface area contributed by atoms with Gasteiger partial charge in [-0.05, 0) is 30.3 Å². The van der Waals surface area contributed by atoms with Gasteiger partial charge in [-0.2, -0.15) is 4.31 Å². The summed E-state index contributed by atoms with van der Waals surface area (Å²) in [7, 11) is -3.85. The van der Waals surface area contributed by atoms with E-state index >= 15 is 0 Å². The average molecular weight is 460 g/mol. The van der Waals surface area contributed by atoms with Crippen LogP contribution in [0.1, 0.15) is 6.42 Å². The van der Waals surface area contributed by atoms with Gasteiger partial charge < -0.3 is 4.90 Å². The van der Waals surface area contributed by atoms with E-state index in [0.29, 0.717) is 10.9 Å². The van der Waals surface area contributed by atoms with Crippen LogP contribution in [0.2, 0.25) is 0 Å². The number of aryl methyl sites for hydroxylation is 1. The molecule has 0 unspecified atom stereocenters. The molecular weight excluding hydrogens is 439 g/mol. The van der Waals surface area contributed by atoms with Crippen LogP contribution < -0.4 is 11.2 Å². The van der Waals surface area contributed by atoms with Crippen molar-refractivity contribution in [1.82, 2.24) is 18.8 Å². The highest BCUT2D eigenvalue weighted by atomic mass is 32.2. The van der Waals surface area contributed by atoms with E-state index in [4.69, 9.17) is 0 Å². The van der Waals surface area contributed by atoms with Crippen molar-refractivity contribution in [3.63, 3.8) is 0 Å². The van der Waals surface area contributed by atoms with Gasteiger partial charge in [0, 0.05) is 39.1 Å². The zero-order valence-electron chi connectivity index (χ0n) is 17.0. The van der Waals surface area contributed by atoms with Crippen LogP contribution in [0.5, 0.6) is 0 Å². The summed E-state index contributed by atoms with van der Waals surface area (Å²) in [5.74, 6) is -0.861. The van der Waals surface area contributed by atoms with Crippen molar-refractivity contribution in [2.24, 2.45) is 0 Å². The normalized spacial score (nSPS) is 15.2. The number of fused-ring (bicyclic) bond motifs is 1. The molecule has 0 atom stereocenters. The second-order valence-electron chi connectivity index (χ2n) is 7.42. The van der Waals surface area contributed by atoms with Crippen molar-refractivity contribution in [3.05, 3.63) is 75.2 Å². The number of rotatable bonds is 5. The molecule has 11 heteroatoms. The Labute approximate surface area is 182 Å². The molecule has 1 N–H and O–H groups in total. The smallest absolute Gasteiger partial charge is 0.328 e. The molecule has 0 bridgehead atoms. The fraction of sp³-hybridized carbons (Fsp3) is 0.286. The minimum absolute atomic E-state index is 0.0204. The zero-order chi connectivity index (χ0) is 22.9. The van der Waals surface area contributed by atoms with Crippen molar-refractivity contribution >= 4 is 26.8 Å². The van der Waals surface area contributed by atoms with Crippen molar-refractivity contribution < 1.29 is 17.6 Å². The second kappa shape index (κ2) is 8.67. The third kappa shape index (κ3) is 4.21. The van der Waals surface area contributed by atoms with Crippen LogP contribution in [0, 0.1) is 5.82 Å². The summed E-state index contributed by atoms with van der Waals surface area (Å²) < 4.78 is 41.4. The first-order valence-corrected chi connectivity index (χ1v) is 11.5. The molecule has 2 heterocycles. The number of H-pyrrole nitrogens is 1. The van der Waals surface area contributed by atoms with E-state index in [1.807, 2.05) is 0 Å². The molecule has 168 valence electrons. The van der Waals surface area contributed by atoms with Gasteiger partial charge in [0.25, 0.3) is 5.56 Å². The Balaban J connectivity index is 1.41. The van der Waals surface area contributed by atoms with Crippen LogP contribution in [0.4, 0.5) is 4.39 Å². The van der Waals surface area contributed by atoms with E-state index in [0.717, 1.165) is 6.07 Å². The highest BCUT2D eigenvalue weighted by Gasteiger charge is 2.30. The minimum Gasteiger partial charge on any atom is -0.340 e. The van der Waals surface area contributed by atoms with E-state index in [9.17, 15) is 27.2 Å². The molecule has 3 aromatic rings. The number of carbonyl (C=O) groups excluding carboxylic acids is 1. The van der Waals surface area contributed by atoms with E-state index in [-0.39, 0.29) is 49.9 Å². The molecule has 0 saturated carbocycles. The van der Waals surface area contributed by atoms with Crippen LogP contribution >= 0.6 is 0 Å². The molecule has 0 radical (unpaired) electrons. The number of sulfonamides is 1. The lowest BCUT2D eigenvalue weighted by atomic mass is 10.2. The minimum atomic E-state index is -3.85. The molecule has 32 heavy (non-hydrogen) atoms. The number of nitrogens with one attached hydrogen (secondary N) is 1. The van der Waals surface area contributed by atoms with E-state index in [1.54, 1.807) is 24.3 Å². The van der Waals surface area contributed by atoms with Crippen LogP contribution in [-0.2, 0) is 21.4 Å². The molecule has 1 aliphatic rings. The van der Waals surface area contributed by atoms with Gasteiger partial charge in [0.15, 0.2) is 0 Å². The summed E-state index contributed by atoms with van der Waals surface area (Å²) in [5, 5.41) is 0.357. The van der Waals surface area contributed by atoms with Crippen LogP contribution in [0.15, 0.2) is 63.0 Å². The first kappa shape index (κ1) is 21.9. The van der Waals surface area contributed by atoms with E-state index < -0.39 is 27.1 Å². The number of hydrogen-bond donors (Lipinski definition) is 1. The summed E-state index contributed by atoms with van der Waals surface area (Å²) in [5.41, 5.74) is -0.628. The van der Waals surface area contributed by atoms with Crippen LogP contribution in [0.3, 0.4) is 0 Å². The van der Waals surface area contributed by atoms with Gasteiger partial charge in [0.1, 0.15) is 5.82 Å². The number of para-hydroxylation sites is 1. The lowest BCUT2D eigenvalue weighted by molar-refractivity contribution is -0.132. The first-order chi connectivity index (χ1) is 15.3. The van der Waals surface area contributed by atoms with Crippen LogP contribution in [-0.4, -0.2) is 59.3 Å². The van der Waals surface area contributed by atoms with Gasteiger partial charge >= 0.3 is 5.69 Å². The Morgan fingerprint density at radius 1 is 1.00 bits per heavy atom. The molecule has 0 aliphatic carbocycles. The predicted molar refractivity (Wildman–Crippen MR) is 115 cm³/mol. The molecule has 1 aliphatic heterocycles. The number of halogens is 1. The molecule has 9 nitrogen and oxygen atoms in total. The number of hydrogen-bond acceptors (Lipinski definition) is 5.